The van der Waals surface area contributed by atoms with E-state index in [1.54, 1.807) is 0 Å². The fraction of sp³-hybridized carbons (Fsp3) is 0.500. The Hall–Kier alpha value is -1.45. The Kier molecular flexibility index (Phi) is 3.37. The van der Waals surface area contributed by atoms with E-state index in [0.29, 0.717) is 6.54 Å². The summed E-state index contributed by atoms with van der Waals surface area (Å²) in [6.07, 6.45) is 4.36. The lowest BCUT2D eigenvalue weighted by Gasteiger charge is -2.13. The molecule has 5 nitrogen and oxygen atoms in total. The molecule has 0 amide bonds. The van der Waals surface area contributed by atoms with Crippen LogP contribution < -0.4 is 4.72 Å². The molecule has 2 rings (SSSR count). The SMILES string of the molecule is CCC1(CNS(=O)(=O)c2ccc(C#N)nc2)CC1. The van der Waals surface area contributed by atoms with E-state index in [0.717, 1.165) is 19.3 Å². The Morgan fingerprint density at radius 1 is 1.50 bits per heavy atom. The molecule has 0 aromatic carbocycles. The van der Waals surface area contributed by atoms with Crippen molar-refractivity contribution in [3.63, 3.8) is 0 Å². The fourth-order valence-electron chi connectivity index (χ4n) is 1.77. The topological polar surface area (TPSA) is 82.9 Å². The molecule has 0 unspecified atom stereocenters. The maximum absolute atomic E-state index is 12.0. The second-order valence-corrected chi connectivity index (χ2v) is 6.44. The van der Waals surface area contributed by atoms with Crippen molar-refractivity contribution in [1.29, 1.82) is 5.26 Å². The largest absolute Gasteiger partial charge is 0.244 e. The predicted octanol–water partition coefficient (Wildman–Crippen LogP) is 1.42. The van der Waals surface area contributed by atoms with E-state index in [9.17, 15) is 8.42 Å². The lowest BCUT2D eigenvalue weighted by Crippen LogP contribution is -2.30. The third-order valence-electron chi connectivity index (χ3n) is 3.51. The number of nitriles is 1. The number of pyridine rings is 1. The van der Waals surface area contributed by atoms with Crippen LogP contribution >= 0.6 is 0 Å². The van der Waals surface area contributed by atoms with Gasteiger partial charge in [0.25, 0.3) is 0 Å². The van der Waals surface area contributed by atoms with Gasteiger partial charge in [0.2, 0.25) is 10.0 Å². The molecule has 1 heterocycles. The van der Waals surface area contributed by atoms with E-state index < -0.39 is 10.0 Å². The van der Waals surface area contributed by atoms with Gasteiger partial charge >= 0.3 is 0 Å². The number of sulfonamides is 1. The minimum atomic E-state index is -3.51. The van der Waals surface area contributed by atoms with Gasteiger partial charge in [-0.15, -0.1) is 0 Å². The Labute approximate surface area is 107 Å². The zero-order valence-corrected chi connectivity index (χ0v) is 11.0. The second-order valence-electron chi connectivity index (χ2n) is 4.67. The van der Waals surface area contributed by atoms with Gasteiger partial charge in [-0.2, -0.15) is 5.26 Å². The summed E-state index contributed by atoms with van der Waals surface area (Å²) in [5.74, 6) is 0. The standard InChI is InChI=1S/C12H15N3O2S/c1-2-12(5-6-12)9-15-18(16,17)11-4-3-10(7-13)14-8-11/h3-4,8,15H,2,5-6,9H2,1H3. The highest BCUT2D eigenvalue weighted by atomic mass is 32.2. The van der Waals surface area contributed by atoms with Crippen LogP contribution in [0.3, 0.4) is 0 Å². The van der Waals surface area contributed by atoms with E-state index in [1.165, 1.54) is 18.3 Å². The maximum Gasteiger partial charge on any atom is 0.242 e. The van der Waals surface area contributed by atoms with Gasteiger partial charge in [-0.1, -0.05) is 6.92 Å². The smallest absolute Gasteiger partial charge is 0.242 e. The third-order valence-corrected chi connectivity index (χ3v) is 4.89. The molecule has 1 aliphatic carbocycles. The van der Waals surface area contributed by atoms with Gasteiger partial charge in [0.1, 0.15) is 16.7 Å². The molecule has 6 heteroatoms. The van der Waals surface area contributed by atoms with Gasteiger partial charge in [-0.05, 0) is 36.8 Å². The predicted molar refractivity (Wildman–Crippen MR) is 66.1 cm³/mol. The van der Waals surface area contributed by atoms with Crippen molar-refractivity contribution in [2.24, 2.45) is 5.41 Å². The molecule has 0 aliphatic heterocycles. The number of aromatic nitrogens is 1. The molecule has 0 radical (unpaired) electrons. The summed E-state index contributed by atoms with van der Waals surface area (Å²) >= 11 is 0. The summed E-state index contributed by atoms with van der Waals surface area (Å²) in [4.78, 5) is 3.87. The van der Waals surface area contributed by atoms with Crippen LogP contribution in [-0.4, -0.2) is 19.9 Å². The van der Waals surface area contributed by atoms with Crippen molar-refractivity contribution in [3.8, 4) is 6.07 Å². The van der Waals surface area contributed by atoms with Crippen LogP contribution in [0.1, 0.15) is 31.9 Å². The van der Waals surface area contributed by atoms with E-state index >= 15 is 0 Å². The minimum Gasteiger partial charge on any atom is -0.244 e. The first kappa shape index (κ1) is 13.0. The van der Waals surface area contributed by atoms with E-state index in [-0.39, 0.29) is 16.0 Å². The molecule has 0 spiro atoms. The highest BCUT2D eigenvalue weighted by molar-refractivity contribution is 7.89. The molecule has 1 aromatic rings. The molecule has 0 saturated heterocycles. The first-order valence-electron chi connectivity index (χ1n) is 5.87. The van der Waals surface area contributed by atoms with E-state index in [2.05, 4.69) is 16.6 Å². The molecule has 1 N–H and O–H groups in total. The van der Waals surface area contributed by atoms with E-state index in [4.69, 9.17) is 5.26 Å². The van der Waals surface area contributed by atoms with Gasteiger partial charge in [-0.3, -0.25) is 0 Å². The number of nitrogens with one attached hydrogen (secondary N) is 1. The summed E-state index contributed by atoms with van der Waals surface area (Å²) < 4.78 is 26.6. The zero-order valence-electron chi connectivity index (χ0n) is 10.2. The Morgan fingerprint density at radius 2 is 2.22 bits per heavy atom. The van der Waals surface area contributed by atoms with Crippen LogP contribution in [0.4, 0.5) is 0 Å². The third kappa shape index (κ3) is 2.68. The number of hydrogen-bond donors (Lipinski definition) is 1. The van der Waals surface area contributed by atoms with Gasteiger partial charge in [0.15, 0.2) is 0 Å². The maximum atomic E-state index is 12.0. The van der Waals surface area contributed by atoms with Gasteiger partial charge in [0, 0.05) is 12.7 Å². The van der Waals surface area contributed by atoms with Crippen molar-refractivity contribution < 1.29 is 8.42 Å². The van der Waals surface area contributed by atoms with Crippen LogP contribution in [0, 0.1) is 16.7 Å². The van der Waals surface area contributed by atoms with Gasteiger partial charge in [-0.25, -0.2) is 18.1 Å². The minimum absolute atomic E-state index is 0.105. The van der Waals surface area contributed by atoms with Crippen molar-refractivity contribution in [2.45, 2.75) is 31.1 Å². The highest BCUT2D eigenvalue weighted by Crippen LogP contribution is 2.48. The number of rotatable bonds is 5. The van der Waals surface area contributed by atoms with Crippen LogP contribution in [0.25, 0.3) is 0 Å². The Bertz CT molecular complexity index is 568. The molecule has 1 aliphatic rings. The first-order valence-corrected chi connectivity index (χ1v) is 7.35. The van der Waals surface area contributed by atoms with Crippen LogP contribution in [-0.2, 0) is 10.0 Å². The quantitative estimate of drug-likeness (QED) is 0.872. The Balaban J connectivity index is 2.08. The van der Waals surface area contributed by atoms with Crippen LogP contribution in [0.15, 0.2) is 23.2 Å². The van der Waals surface area contributed by atoms with Crippen molar-refractivity contribution in [1.82, 2.24) is 9.71 Å². The number of hydrogen-bond acceptors (Lipinski definition) is 4. The summed E-state index contributed by atoms with van der Waals surface area (Å²) in [6, 6.07) is 4.66. The summed E-state index contributed by atoms with van der Waals surface area (Å²) in [5, 5.41) is 8.60. The van der Waals surface area contributed by atoms with Crippen molar-refractivity contribution in [2.75, 3.05) is 6.54 Å². The molecule has 0 bridgehead atoms. The fourth-order valence-corrected chi connectivity index (χ4v) is 2.87. The second kappa shape index (κ2) is 4.67. The summed E-state index contributed by atoms with van der Waals surface area (Å²) in [5.41, 5.74) is 0.369. The molecule has 1 fully saturated rings. The van der Waals surface area contributed by atoms with Gasteiger partial charge < -0.3 is 0 Å². The monoisotopic (exact) mass is 265 g/mol. The molecular formula is C12H15N3O2S. The van der Waals surface area contributed by atoms with E-state index in [1.807, 2.05) is 6.07 Å². The average molecular weight is 265 g/mol. The Morgan fingerprint density at radius 3 is 2.67 bits per heavy atom. The normalized spacial score (nSPS) is 17.1. The lowest BCUT2D eigenvalue weighted by atomic mass is 10.1. The summed E-state index contributed by atoms with van der Waals surface area (Å²) in [7, 11) is -3.51. The van der Waals surface area contributed by atoms with Crippen molar-refractivity contribution in [3.05, 3.63) is 24.0 Å². The molecule has 0 atom stereocenters. The highest BCUT2D eigenvalue weighted by Gasteiger charge is 2.41. The number of nitrogens with zero attached hydrogens (tertiary/aromatic N) is 2. The van der Waals surface area contributed by atoms with Crippen molar-refractivity contribution >= 4 is 10.0 Å². The van der Waals surface area contributed by atoms with Crippen LogP contribution in [0.2, 0.25) is 0 Å². The zero-order chi connectivity index (χ0) is 13.2. The summed E-state index contributed by atoms with van der Waals surface area (Å²) in [6.45, 7) is 2.55. The first-order chi connectivity index (χ1) is 8.51. The molecule has 96 valence electrons. The molecule has 18 heavy (non-hydrogen) atoms. The molecule has 1 aromatic heterocycles. The molecule has 1 saturated carbocycles. The van der Waals surface area contributed by atoms with Gasteiger partial charge in [0.05, 0.1) is 0 Å². The lowest BCUT2D eigenvalue weighted by molar-refractivity contribution is 0.475. The molecular weight excluding hydrogens is 250 g/mol. The average Bonchev–Trinajstić information content (AvgIpc) is 3.17. The van der Waals surface area contributed by atoms with Crippen LogP contribution in [0.5, 0.6) is 0 Å².